The molecule has 0 aromatic carbocycles. The zero-order valence-corrected chi connectivity index (χ0v) is 10.6. The first kappa shape index (κ1) is 15.9. The highest BCUT2D eigenvalue weighted by molar-refractivity contribution is 5.76. The molecule has 0 aliphatic heterocycles. The molecule has 0 aliphatic carbocycles. The summed E-state index contributed by atoms with van der Waals surface area (Å²) in [6, 6.07) is -0.193. The number of aliphatic hydroxyl groups is 1. The molecule has 0 rings (SSSR count). The lowest BCUT2D eigenvalue weighted by Gasteiger charge is -2.18. The molecule has 0 aromatic heterocycles. The SMILES string of the molecule is CC(C)CC(CO)NC(=O)CCCCC(=O)O. The molecule has 5 heteroatoms. The number of nitrogens with one attached hydrogen (secondary N) is 1. The molecule has 1 unspecified atom stereocenters. The van der Waals surface area contributed by atoms with E-state index in [1.807, 2.05) is 13.8 Å². The fourth-order valence-corrected chi connectivity index (χ4v) is 1.61. The molecule has 0 fully saturated rings. The highest BCUT2D eigenvalue weighted by Gasteiger charge is 2.12. The lowest BCUT2D eigenvalue weighted by Crippen LogP contribution is -2.38. The van der Waals surface area contributed by atoms with Crippen molar-refractivity contribution in [1.29, 1.82) is 0 Å². The van der Waals surface area contributed by atoms with Crippen molar-refractivity contribution >= 4 is 11.9 Å². The third-order valence-electron chi connectivity index (χ3n) is 2.39. The summed E-state index contributed by atoms with van der Waals surface area (Å²) in [5.74, 6) is -0.534. The lowest BCUT2D eigenvalue weighted by atomic mass is 10.0. The van der Waals surface area contributed by atoms with Crippen LogP contribution in [0.25, 0.3) is 0 Å². The number of carboxylic acids is 1. The van der Waals surface area contributed by atoms with Crippen molar-refractivity contribution in [2.24, 2.45) is 5.92 Å². The van der Waals surface area contributed by atoms with Gasteiger partial charge in [0.1, 0.15) is 0 Å². The molecule has 17 heavy (non-hydrogen) atoms. The Hall–Kier alpha value is -1.10. The van der Waals surface area contributed by atoms with Crippen LogP contribution in [0.4, 0.5) is 0 Å². The van der Waals surface area contributed by atoms with E-state index in [0.717, 1.165) is 6.42 Å². The minimum absolute atomic E-state index is 0.0565. The molecule has 0 saturated heterocycles. The van der Waals surface area contributed by atoms with Crippen molar-refractivity contribution in [3.05, 3.63) is 0 Å². The van der Waals surface area contributed by atoms with E-state index < -0.39 is 5.97 Å². The van der Waals surface area contributed by atoms with Crippen LogP contribution in [-0.2, 0) is 9.59 Å². The maximum Gasteiger partial charge on any atom is 0.303 e. The first-order valence-electron chi connectivity index (χ1n) is 6.07. The molecule has 100 valence electrons. The second-order valence-electron chi connectivity index (χ2n) is 4.68. The van der Waals surface area contributed by atoms with Gasteiger partial charge in [-0.05, 0) is 25.2 Å². The van der Waals surface area contributed by atoms with E-state index in [9.17, 15) is 9.59 Å². The zero-order valence-electron chi connectivity index (χ0n) is 10.6. The number of aliphatic hydroxyl groups excluding tert-OH is 1. The number of carbonyl (C=O) groups excluding carboxylic acids is 1. The number of hydrogen-bond donors (Lipinski definition) is 3. The number of aliphatic carboxylic acids is 1. The Kier molecular flexibility index (Phi) is 8.40. The van der Waals surface area contributed by atoms with E-state index in [2.05, 4.69) is 5.32 Å². The van der Waals surface area contributed by atoms with Crippen LogP contribution in [0.2, 0.25) is 0 Å². The second-order valence-corrected chi connectivity index (χ2v) is 4.68. The van der Waals surface area contributed by atoms with Crippen molar-refractivity contribution in [3.8, 4) is 0 Å². The Balaban J connectivity index is 3.71. The van der Waals surface area contributed by atoms with Gasteiger partial charge in [-0.2, -0.15) is 0 Å². The molecule has 3 N–H and O–H groups in total. The van der Waals surface area contributed by atoms with Crippen LogP contribution in [0.5, 0.6) is 0 Å². The van der Waals surface area contributed by atoms with E-state index >= 15 is 0 Å². The predicted molar refractivity (Wildman–Crippen MR) is 64.6 cm³/mol. The molecule has 0 heterocycles. The van der Waals surface area contributed by atoms with Crippen LogP contribution < -0.4 is 5.32 Å². The van der Waals surface area contributed by atoms with Gasteiger partial charge in [0.2, 0.25) is 5.91 Å². The van der Waals surface area contributed by atoms with Gasteiger partial charge >= 0.3 is 5.97 Å². The number of amides is 1. The van der Waals surface area contributed by atoms with Crippen molar-refractivity contribution < 1.29 is 19.8 Å². The highest BCUT2D eigenvalue weighted by atomic mass is 16.4. The summed E-state index contributed by atoms with van der Waals surface area (Å²) in [5.41, 5.74) is 0. The van der Waals surface area contributed by atoms with Crippen LogP contribution >= 0.6 is 0 Å². The van der Waals surface area contributed by atoms with E-state index in [4.69, 9.17) is 10.2 Å². The summed E-state index contributed by atoms with van der Waals surface area (Å²) in [5, 5.41) is 20.3. The van der Waals surface area contributed by atoms with Crippen molar-refractivity contribution in [1.82, 2.24) is 5.32 Å². The average Bonchev–Trinajstić information content (AvgIpc) is 2.22. The monoisotopic (exact) mass is 245 g/mol. The molecule has 0 aromatic rings. The predicted octanol–water partition coefficient (Wildman–Crippen LogP) is 1.15. The Bertz CT molecular complexity index is 241. The van der Waals surface area contributed by atoms with E-state index in [0.29, 0.717) is 25.2 Å². The fourth-order valence-electron chi connectivity index (χ4n) is 1.61. The first-order valence-corrected chi connectivity index (χ1v) is 6.07. The van der Waals surface area contributed by atoms with Crippen LogP contribution in [-0.4, -0.2) is 34.7 Å². The highest BCUT2D eigenvalue weighted by Crippen LogP contribution is 2.05. The van der Waals surface area contributed by atoms with Gasteiger partial charge in [0.25, 0.3) is 0 Å². The Morgan fingerprint density at radius 2 is 1.76 bits per heavy atom. The topological polar surface area (TPSA) is 86.6 Å². The standard InChI is InChI=1S/C12H23NO4/c1-9(2)7-10(8-14)13-11(15)5-3-4-6-12(16)17/h9-10,14H,3-8H2,1-2H3,(H,13,15)(H,16,17). The average molecular weight is 245 g/mol. The van der Waals surface area contributed by atoms with Gasteiger partial charge in [-0.3, -0.25) is 9.59 Å². The molecule has 5 nitrogen and oxygen atoms in total. The van der Waals surface area contributed by atoms with E-state index in [1.54, 1.807) is 0 Å². The van der Waals surface area contributed by atoms with Crippen molar-refractivity contribution in [2.45, 2.75) is 52.0 Å². The lowest BCUT2D eigenvalue weighted by molar-refractivity contribution is -0.137. The molecule has 0 bridgehead atoms. The van der Waals surface area contributed by atoms with Crippen LogP contribution in [0.3, 0.4) is 0 Å². The maximum absolute atomic E-state index is 11.5. The number of carboxylic acid groups (broad SMARTS) is 1. The normalized spacial score (nSPS) is 12.5. The molecule has 1 atom stereocenters. The summed E-state index contributed by atoms with van der Waals surface area (Å²) < 4.78 is 0. The number of hydrogen-bond acceptors (Lipinski definition) is 3. The van der Waals surface area contributed by atoms with Crippen molar-refractivity contribution in [2.75, 3.05) is 6.61 Å². The summed E-state index contributed by atoms with van der Waals surface area (Å²) in [7, 11) is 0. The molecule has 0 saturated carbocycles. The number of rotatable bonds is 9. The van der Waals surface area contributed by atoms with Gasteiger partial charge in [-0.1, -0.05) is 13.8 Å². The molecule has 0 spiro atoms. The quantitative estimate of drug-likeness (QED) is 0.532. The van der Waals surface area contributed by atoms with Gasteiger partial charge in [0, 0.05) is 12.8 Å². The summed E-state index contributed by atoms with van der Waals surface area (Å²) >= 11 is 0. The minimum atomic E-state index is -0.835. The summed E-state index contributed by atoms with van der Waals surface area (Å²) in [6.07, 6.45) is 2.25. The van der Waals surface area contributed by atoms with Gasteiger partial charge in [-0.25, -0.2) is 0 Å². The summed E-state index contributed by atoms with van der Waals surface area (Å²) in [4.78, 5) is 21.7. The van der Waals surface area contributed by atoms with Crippen LogP contribution in [0.1, 0.15) is 46.0 Å². The zero-order chi connectivity index (χ0) is 13.3. The van der Waals surface area contributed by atoms with E-state index in [-0.39, 0.29) is 25.0 Å². The Morgan fingerprint density at radius 3 is 2.24 bits per heavy atom. The minimum Gasteiger partial charge on any atom is -0.481 e. The van der Waals surface area contributed by atoms with Gasteiger partial charge < -0.3 is 15.5 Å². The van der Waals surface area contributed by atoms with Gasteiger partial charge in [-0.15, -0.1) is 0 Å². The fraction of sp³-hybridized carbons (Fsp3) is 0.833. The second kappa shape index (κ2) is 8.98. The molecule has 0 radical (unpaired) electrons. The number of unbranched alkanes of at least 4 members (excludes halogenated alkanes) is 1. The largest absolute Gasteiger partial charge is 0.481 e. The third kappa shape index (κ3) is 9.81. The van der Waals surface area contributed by atoms with Crippen LogP contribution in [0.15, 0.2) is 0 Å². The molecule has 1 amide bonds. The number of carbonyl (C=O) groups is 2. The van der Waals surface area contributed by atoms with Gasteiger partial charge in [0.05, 0.1) is 12.6 Å². The Morgan fingerprint density at radius 1 is 1.18 bits per heavy atom. The van der Waals surface area contributed by atoms with E-state index in [1.165, 1.54) is 0 Å². The summed E-state index contributed by atoms with van der Waals surface area (Å²) in [6.45, 7) is 4.00. The van der Waals surface area contributed by atoms with Crippen molar-refractivity contribution in [3.63, 3.8) is 0 Å². The first-order chi connectivity index (χ1) is 7.95. The Labute approximate surface area is 102 Å². The smallest absolute Gasteiger partial charge is 0.303 e. The molecule has 0 aliphatic rings. The van der Waals surface area contributed by atoms with Gasteiger partial charge in [0.15, 0.2) is 0 Å². The molecular formula is C12H23NO4. The maximum atomic E-state index is 11.5. The van der Waals surface area contributed by atoms with Crippen LogP contribution in [0, 0.1) is 5.92 Å². The molecular weight excluding hydrogens is 222 g/mol. The third-order valence-corrected chi connectivity index (χ3v) is 2.39.